The number of amides is 1. The van der Waals surface area contributed by atoms with Crippen molar-refractivity contribution in [3.8, 4) is 17.6 Å². The van der Waals surface area contributed by atoms with E-state index < -0.39 is 0 Å². The van der Waals surface area contributed by atoms with Crippen LogP contribution >= 0.6 is 0 Å². The van der Waals surface area contributed by atoms with E-state index in [1.807, 2.05) is 34.9 Å². The van der Waals surface area contributed by atoms with Gasteiger partial charge >= 0.3 is 5.69 Å². The second kappa shape index (κ2) is 7.11. The third kappa shape index (κ3) is 2.91. The van der Waals surface area contributed by atoms with E-state index in [2.05, 4.69) is 19.9 Å². The number of nitriles is 1. The maximum Gasteiger partial charge on any atom is 0.328 e. The average molecular weight is 402 g/mol. The largest absolute Gasteiger partial charge is 0.340 e. The van der Waals surface area contributed by atoms with Gasteiger partial charge in [0.2, 0.25) is 5.91 Å². The Balaban J connectivity index is 1.57. The number of hydrogen-bond donors (Lipinski definition) is 1. The molecule has 0 spiro atoms. The van der Waals surface area contributed by atoms with Crippen LogP contribution in [0.5, 0.6) is 0 Å². The highest BCUT2D eigenvalue weighted by Gasteiger charge is 2.27. The molecule has 1 atom stereocenters. The van der Waals surface area contributed by atoms with Crippen LogP contribution in [-0.2, 0) is 4.79 Å². The van der Waals surface area contributed by atoms with Crippen LogP contribution in [0.25, 0.3) is 28.3 Å². The SMILES string of the molecule is N#CCC(=O)N1CCC[C@@H](n2c(=O)[nH]c3cnc(-c4cnc5ccccn45)nc32)C1. The van der Waals surface area contributed by atoms with E-state index in [4.69, 9.17) is 5.26 Å². The van der Waals surface area contributed by atoms with Gasteiger partial charge in [-0.1, -0.05) is 6.07 Å². The maximum atomic E-state index is 12.7. The number of aromatic nitrogens is 6. The van der Waals surface area contributed by atoms with Crippen LogP contribution in [0.15, 0.2) is 41.6 Å². The Bertz CT molecular complexity index is 1360. The zero-order valence-corrected chi connectivity index (χ0v) is 16.0. The van der Waals surface area contributed by atoms with Gasteiger partial charge in [-0.3, -0.25) is 13.8 Å². The summed E-state index contributed by atoms with van der Waals surface area (Å²) in [5, 5.41) is 8.82. The molecule has 10 heteroatoms. The van der Waals surface area contributed by atoms with Gasteiger partial charge in [0.05, 0.1) is 24.5 Å². The van der Waals surface area contributed by atoms with Gasteiger partial charge in [0.15, 0.2) is 11.5 Å². The quantitative estimate of drug-likeness (QED) is 0.554. The number of imidazole rings is 2. The molecule has 4 aromatic heterocycles. The van der Waals surface area contributed by atoms with Crippen LogP contribution in [0.3, 0.4) is 0 Å². The molecular formula is C20H18N8O2. The van der Waals surface area contributed by atoms with Crippen molar-refractivity contribution in [2.24, 2.45) is 0 Å². The molecule has 0 bridgehead atoms. The summed E-state index contributed by atoms with van der Waals surface area (Å²) in [6.45, 7) is 0.971. The Labute approximate surface area is 170 Å². The summed E-state index contributed by atoms with van der Waals surface area (Å²) in [6.07, 6.45) is 6.53. The Morgan fingerprint density at radius 2 is 2.20 bits per heavy atom. The number of fused-ring (bicyclic) bond motifs is 2. The first-order valence-corrected chi connectivity index (χ1v) is 9.70. The number of likely N-dealkylation sites (tertiary alicyclic amines) is 1. The number of aromatic amines is 1. The second-order valence-corrected chi connectivity index (χ2v) is 7.27. The lowest BCUT2D eigenvalue weighted by molar-refractivity contribution is -0.131. The first-order chi connectivity index (χ1) is 14.7. The monoisotopic (exact) mass is 402 g/mol. The van der Waals surface area contributed by atoms with Gasteiger partial charge in [0.1, 0.15) is 23.3 Å². The molecule has 1 amide bonds. The van der Waals surface area contributed by atoms with Crippen molar-refractivity contribution >= 4 is 22.7 Å². The molecule has 150 valence electrons. The number of nitrogens with one attached hydrogen (secondary N) is 1. The molecule has 5 rings (SSSR count). The van der Waals surface area contributed by atoms with E-state index in [0.717, 1.165) is 24.2 Å². The number of pyridine rings is 1. The number of piperidine rings is 1. The summed E-state index contributed by atoms with van der Waals surface area (Å²) < 4.78 is 3.49. The molecule has 10 nitrogen and oxygen atoms in total. The molecule has 30 heavy (non-hydrogen) atoms. The first kappa shape index (κ1) is 18.1. The van der Waals surface area contributed by atoms with Crippen molar-refractivity contribution in [1.82, 2.24) is 33.8 Å². The van der Waals surface area contributed by atoms with E-state index in [1.54, 1.807) is 21.9 Å². The van der Waals surface area contributed by atoms with E-state index in [-0.39, 0.29) is 24.1 Å². The fourth-order valence-corrected chi connectivity index (χ4v) is 4.05. The maximum absolute atomic E-state index is 12.7. The lowest BCUT2D eigenvalue weighted by Gasteiger charge is -2.32. The molecule has 1 aliphatic heterocycles. The summed E-state index contributed by atoms with van der Waals surface area (Å²) in [5.41, 5.74) is 2.26. The van der Waals surface area contributed by atoms with Crippen LogP contribution in [0.4, 0.5) is 0 Å². The number of carbonyl (C=O) groups excluding carboxylic acids is 1. The summed E-state index contributed by atoms with van der Waals surface area (Å²) in [4.78, 5) is 42.8. The van der Waals surface area contributed by atoms with Gasteiger partial charge in [-0.05, 0) is 25.0 Å². The summed E-state index contributed by atoms with van der Waals surface area (Å²) >= 11 is 0. The Hall–Kier alpha value is -4.00. The highest BCUT2D eigenvalue weighted by atomic mass is 16.2. The van der Waals surface area contributed by atoms with E-state index in [9.17, 15) is 9.59 Å². The molecule has 0 radical (unpaired) electrons. The van der Waals surface area contributed by atoms with Gasteiger partial charge in [-0.15, -0.1) is 0 Å². The summed E-state index contributed by atoms with van der Waals surface area (Å²) in [5.74, 6) is 0.248. The van der Waals surface area contributed by atoms with Gasteiger partial charge in [-0.2, -0.15) is 5.26 Å². The zero-order valence-electron chi connectivity index (χ0n) is 16.0. The molecule has 0 aliphatic carbocycles. The minimum absolute atomic E-state index is 0.157. The van der Waals surface area contributed by atoms with Crippen molar-refractivity contribution in [3.63, 3.8) is 0 Å². The average Bonchev–Trinajstić information content (AvgIpc) is 3.33. The topological polar surface area (TPSA) is 125 Å². The fraction of sp³-hybridized carbons (Fsp3) is 0.300. The summed E-state index contributed by atoms with van der Waals surface area (Å²) in [6, 6.07) is 7.38. The van der Waals surface area contributed by atoms with Gasteiger partial charge in [0.25, 0.3) is 0 Å². The molecular weight excluding hydrogens is 384 g/mol. The fourth-order valence-electron chi connectivity index (χ4n) is 4.05. The molecule has 1 aliphatic rings. The molecule has 0 unspecified atom stereocenters. The van der Waals surface area contributed by atoms with Crippen molar-refractivity contribution in [2.45, 2.75) is 25.3 Å². The molecule has 1 saturated heterocycles. The lowest BCUT2D eigenvalue weighted by atomic mass is 10.1. The zero-order chi connectivity index (χ0) is 20.7. The Kier molecular flexibility index (Phi) is 4.28. The van der Waals surface area contributed by atoms with Crippen LogP contribution in [-0.4, -0.2) is 52.8 Å². The van der Waals surface area contributed by atoms with Gasteiger partial charge < -0.3 is 9.88 Å². The normalized spacial score (nSPS) is 16.8. The standard InChI is InChI=1S/C20H18N8O2/c21-7-6-17(29)26-8-3-4-13(12-26)28-19-14(24-20(28)30)10-23-18(25-19)15-11-22-16-5-1-2-9-27(15)16/h1-2,5,9-11,13H,3-4,6,8,12H2,(H,24,30)/t13-/m1/s1. The second-order valence-electron chi connectivity index (χ2n) is 7.27. The Morgan fingerprint density at radius 3 is 3.07 bits per heavy atom. The smallest absolute Gasteiger partial charge is 0.328 e. The highest BCUT2D eigenvalue weighted by Crippen LogP contribution is 2.25. The number of nitrogens with zero attached hydrogens (tertiary/aromatic N) is 7. The predicted octanol–water partition coefficient (Wildman–Crippen LogP) is 1.51. The van der Waals surface area contributed by atoms with Crippen molar-refractivity contribution < 1.29 is 4.79 Å². The van der Waals surface area contributed by atoms with Crippen molar-refractivity contribution in [1.29, 1.82) is 5.26 Å². The van der Waals surface area contributed by atoms with E-state index in [0.29, 0.717) is 30.1 Å². The Morgan fingerprint density at radius 1 is 1.30 bits per heavy atom. The predicted molar refractivity (Wildman–Crippen MR) is 107 cm³/mol. The molecule has 4 aromatic rings. The highest BCUT2D eigenvalue weighted by molar-refractivity contribution is 5.78. The van der Waals surface area contributed by atoms with Crippen LogP contribution in [0, 0.1) is 11.3 Å². The van der Waals surface area contributed by atoms with Crippen LogP contribution in [0.2, 0.25) is 0 Å². The minimum Gasteiger partial charge on any atom is -0.340 e. The molecule has 5 heterocycles. The number of hydrogen-bond acceptors (Lipinski definition) is 6. The number of H-pyrrole nitrogens is 1. The molecule has 1 fully saturated rings. The van der Waals surface area contributed by atoms with Crippen molar-refractivity contribution in [2.75, 3.05) is 13.1 Å². The lowest BCUT2D eigenvalue weighted by Crippen LogP contribution is -2.42. The molecule has 0 saturated carbocycles. The van der Waals surface area contributed by atoms with E-state index in [1.165, 1.54) is 0 Å². The summed E-state index contributed by atoms with van der Waals surface area (Å²) in [7, 11) is 0. The number of rotatable bonds is 3. The minimum atomic E-state index is -0.283. The van der Waals surface area contributed by atoms with Gasteiger partial charge in [0, 0.05) is 19.3 Å². The van der Waals surface area contributed by atoms with Crippen molar-refractivity contribution in [3.05, 3.63) is 47.3 Å². The number of carbonyl (C=O) groups is 1. The third-order valence-electron chi connectivity index (χ3n) is 5.45. The van der Waals surface area contributed by atoms with Gasteiger partial charge in [-0.25, -0.2) is 19.7 Å². The van der Waals surface area contributed by atoms with E-state index >= 15 is 0 Å². The molecule has 1 N–H and O–H groups in total. The van der Waals surface area contributed by atoms with Crippen LogP contribution in [0.1, 0.15) is 25.3 Å². The molecule has 0 aromatic carbocycles. The first-order valence-electron chi connectivity index (χ1n) is 9.70. The third-order valence-corrected chi connectivity index (χ3v) is 5.45. The van der Waals surface area contributed by atoms with Crippen LogP contribution < -0.4 is 5.69 Å².